The molecule has 2 aromatic heterocycles. The third-order valence-corrected chi connectivity index (χ3v) is 3.43. The molecule has 12 heteroatoms. The van der Waals surface area contributed by atoms with Crippen LogP contribution in [0.3, 0.4) is 0 Å². The number of anilines is 1. The van der Waals surface area contributed by atoms with Gasteiger partial charge in [0.15, 0.2) is 11.2 Å². The van der Waals surface area contributed by atoms with Crippen LogP contribution in [0.25, 0.3) is 11.2 Å². The average Bonchev–Trinajstić information content (AvgIpc) is 3.07. The van der Waals surface area contributed by atoms with Gasteiger partial charge in [0, 0.05) is 6.42 Å². The third-order valence-electron chi connectivity index (χ3n) is 3.43. The van der Waals surface area contributed by atoms with E-state index in [1.165, 1.54) is 10.9 Å². The van der Waals surface area contributed by atoms with E-state index in [9.17, 15) is 15.0 Å². The van der Waals surface area contributed by atoms with Crippen molar-refractivity contribution in [3.8, 4) is 5.88 Å². The summed E-state index contributed by atoms with van der Waals surface area (Å²) in [7, 11) is 0. The van der Waals surface area contributed by atoms with Gasteiger partial charge in [-0.15, -0.1) is 0 Å². The van der Waals surface area contributed by atoms with Crippen LogP contribution in [0.1, 0.15) is 12.6 Å². The molecule has 0 spiro atoms. The van der Waals surface area contributed by atoms with Crippen LogP contribution in [-0.2, 0) is 9.53 Å². The summed E-state index contributed by atoms with van der Waals surface area (Å²) in [6.45, 7) is -1.02. The first-order valence-corrected chi connectivity index (χ1v) is 6.76. The van der Waals surface area contributed by atoms with Gasteiger partial charge in [-0.25, -0.2) is 4.98 Å². The van der Waals surface area contributed by atoms with Gasteiger partial charge in [-0.05, 0) is 0 Å². The third kappa shape index (κ3) is 3.61. The van der Waals surface area contributed by atoms with Gasteiger partial charge in [0.25, 0.3) is 0 Å². The predicted molar refractivity (Wildman–Crippen MR) is 71.9 cm³/mol. The minimum absolute atomic E-state index is 0. The molecule has 3 atom stereocenters. The van der Waals surface area contributed by atoms with Crippen LogP contribution in [0.4, 0.5) is 5.95 Å². The Hall–Kier alpha value is -1.50. The largest absolute Gasteiger partial charge is 1.00 e. The van der Waals surface area contributed by atoms with Crippen LogP contribution in [0.15, 0.2) is 6.33 Å². The summed E-state index contributed by atoms with van der Waals surface area (Å²) < 4.78 is 12.0. The first-order valence-electron chi connectivity index (χ1n) is 6.76. The summed E-state index contributed by atoms with van der Waals surface area (Å²) in [6.07, 6.45) is -0.506. The number of aliphatic hydroxyl groups is 2. The van der Waals surface area contributed by atoms with Crippen LogP contribution in [0.5, 0.6) is 5.88 Å². The number of carbonyl (C=O) groups excluding carboxylic acids is 1. The first kappa shape index (κ1) is 18.8. The number of aliphatic carboxylic acids is 1. The van der Waals surface area contributed by atoms with Crippen LogP contribution in [0, 0.1) is 0 Å². The molecule has 0 amide bonds. The topological polar surface area (TPSA) is 169 Å². The van der Waals surface area contributed by atoms with Crippen molar-refractivity contribution in [1.82, 2.24) is 19.5 Å². The van der Waals surface area contributed by atoms with Gasteiger partial charge in [0.2, 0.25) is 11.8 Å². The smallest absolute Gasteiger partial charge is 0.546 e. The van der Waals surface area contributed by atoms with E-state index in [4.69, 9.17) is 20.3 Å². The second-order valence-electron chi connectivity index (χ2n) is 4.99. The number of carboxylic acid groups (broad SMARTS) is 1. The number of aliphatic hydroxyl groups excluding tert-OH is 2. The summed E-state index contributed by atoms with van der Waals surface area (Å²) in [5.41, 5.74) is 6.07. The molecule has 3 rings (SSSR count). The zero-order valence-corrected chi connectivity index (χ0v) is 14.8. The Labute approximate surface area is 157 Å². The molecule has 0 unspecified atom stereocenters. The van der Waals surface area contributed by atoms with E-state index in [0.717, 1.165) is 0 Å². The fourth-order valence-corrected chi connectivity index (χ4v) is 2.40. The molecule has 1 fully saturated rings. The molecule has 0 radical (unpaired) electrons. The van der Waals surface area contributed by atoms with Crippen molar-refractivity contribution in [2.75, 3.05) is 18.9 Å². The van der Waals surface area contributed by atoms with Gasteiger partial charge in [0.05, 0.1) is 25.0 Å². The molecule has 2 aromatic rings. The van der Waals surface area contributed by atoms with Crippen LogP contribution in [-0.4, -0.2) is 61.1 Å². The van der Waals surface area contributed by atoms with Crippen molar-refractivity contribution in [3.63, 3.8) is 0 Å². The molecule has 3 heterocycles. The Bertz CT molecular complexity index is 740. The predicted octanol–water partition coefficient (Wildman–Crippen LogP) is -5.82. The molecule has 0 aliphatic carbocycles. The molecule has 4 N–H and O–H groups in total. The van der Waals surface area contributed by atoms with Crippen LogP contribution in [0.2, 0.25) is 0 Å². The molecule has 0 aromatic carbocycles. The summed E-state index contributed by atoms with van der Waals surface area (Å²) in [4.78, 5) is 22.4. The summed E-state index contributed by atoms with van der Waals surface area (Å²) in [5.74, 6) is -1.64. The van der Waals surface area contributed by atoms with E-state index >= 15 is 0 Å². The van der Waals surface area contributed by atoms with Crippen molar-refractivity contribution in [3.05, 3.63) is 6.33 Å². The van der Waals surface area contributed by atoms with E-state index < -0.39 is 31.0 Å². The maximum atomic E-state index is 10.5. The molecular weight excluding hydrogens is 335 g/mol. The second kappa shape index (κ2) is 7.59. The number of hydrogen-bond donors (Lipinski definition) is 3. The number of hydrogen-bond acceptors (Lipinski definition) is 10. The maximum absolute atomic E-state index is 10.5. The van der Waals surface area contributed by atoms with E-state index in [1.54, 1.807) is 0 Å². The molecule has 124 valence electrons. The van der Waals surface area contributed by atoms with Gasteiger partial charge in [-0.3, -0.25) is 4.57 Å². The minimum Gasteiger partial charge on any atom is -0.546 e. The van der Waals surface area contributed by atoms with E-state index in [-0.39, 0.29) is 65.6 Å². The first-order chi connectivity index (χ1) is 11.0. The fraction of sp³-hybridized carbons (Fsp3) is 0.500. The van der Waals surface area contributed by atoms with Crippen molar-refractivity contribution in [2.45, 2.75) is 24.9 Å². The standard InChI is InChI=1S/C12H15N5O6.Na/c13-12-15-10-9(11(16-12)22-3-8(20)21)14-4-17(10)7-1-5(19)6(2-18)23-7;/h4-7,18-19H,1-3H2,(H,20,21)(H2,13,15,16);/q;+1/p-1/t5-,6+,7+;/m0./s1/i3+1,8+1;. The van der Waals surface area contributed by atoms with Gasteiger partial charge in [0.1, 0.15) is 18.9 Å². The Kier molecular flexibility index (Phi) is 5.96. The molecule has 0 bridgehead atoms. The van der Waals surface area contributed by atoms with E-state index in [2.05, 4.69) is 15.0 Å². The number of imidazole rings is 1. The molecule has 1 aliphatic heterocycles. The average molecular weight is 349 g/mol. The second-order valence-corrected chi connectivity index (χ2v) is 4.99. The number of aromatic nitrogens is 4. The molecule has 0 saturated carbocycles. The monoisotopic (exact) mass is 349 g/mol. The minimum atomic E-state index is -1.41. The van der Waals surface area contributed by atoms with Crippen LogP contribution < -0.4 is 45.1 Å². The summed E-state index contributed by atoms with van der Waals surface area (Å²) in [5, 5.41) is 29.5. The van der Waals surface area contributed by atoms with Gasteiger partial charge in [-0.1, -0.05) is 0 Å². The molecule has 1 aliphatic rings. The number of nitrogens with zero attached hydrogens (tertiary/aromatic N) is 4. The molecule has 11 nitrogen and oxygen atoms in total. The number of rotatable bonds is 5. The Balaban J connectivity index is 0.00000208. The number of carbonyl (C=O) groups is 1. The SMILES string of the molecule is Nc1nc(O[13CH2][13C](=O)[O-])c2ncn([C@H]3C[C@H](O)[C@@H](CO)O3)c2n1.[Na+]. The molecule has 1 saturated heterocycles. The molecule has 24 heavy (non-hydrogen) atoms. The Morgan fingerprint density at radius 1 is 1.54 bits per heavy atom. The van der Waals surface area contributed by atoms with Crippen molar-refractivity contribution < 1.29 is 59.1 Å². The Morgan fingerprint density at radius 2 is 2.29 bits per heavy atom. The van der Waals surface area contributed by atoms with Crippen molar-refractivity contribution >= 4 is 23.1 Å². The molecular formula is C12H14N5NaO6. The van der Waals surface area contributed by atoms with E-state index in [0.29, 0.717) is 0 Å². The van der Waals surface area contributed by atoms with Crippen molar-refractivity contribution in [2.24, 2.45) is 0 Å². The van der Waals surface area contributed by atoms with Gasteiger partial charge < -0.3 is 35.3 Å². The number of nitrogen functional groups attached to an aromatic ring is 1. The van der Waals surface area contributed by atoms with Gasteiger partial charge in [-0.2, -0.15) is 9.97 Å². The summed E-state index contributed by atoms with van der Waals surface area (Å²) >= 11 is 0. The van der Waals surface area contributed by atoms with Crippen LogP contribution >= 0.6 is 0 Å². The zero-order chi connectivity index (χ0) is 16.6. The van der Waals surface area contributed by atoms with E-state index in [1.807, 2.05) is 0 Å². The van der Waals surface area contributed by atoms with Gasteiger partial charge >= 0.3 is 29.6 Å². The quantitative estimate of drug-likeness (QED) is 0.349. The van der Waals surface area contributed by atoms with Crippen molar-refractivity contribution in [1.29, 1.82) is 0 Å². The maximum Gasteiger partial charge on any atom is 1.00 e. The fourth-order valence-electron chi connectivity index (χ4n) is 2.40. The summed E-state index contributed by atoms with van der Waals surface area (Å²) in [6, 6.07) is 0. The zero-order valence-electron chi connectivity index (χ0n) is 12.8. The number of carboxylic acids is 1. The number of ether oxygens (including phenoxy) is 2. The Morgan fingerprint density at radius 3 is 2.92 bits per heavy atom. The number of nitrogens with two attached hydrogens (primary N) is 1. The normalized spacial score (nSPS) is 23.2. The number of fused-ring (bicyclic) bond motifs is 1.